The van der Waals surface area contributed by atoms with Crippen LogP contribution in [0.5, 0.6) is 5.75 Å². The third-order valence-corrected chi connectivity index (χ3v) is 3.64. The van der Waals surface area contributed by atoms with E-state index in [1.165, 1.54) is 0 Å². The molecule has 0 heterocycles. The van der Waals surface area contributed by atoms with Crippen LogP contribution in [0.3, 0.4) is 0 Å². The van der Waals surface area contributed by atoms with Crippen LogP contribution in [0, 0.1) is 0 Å². The van der Waals surface area contributed by atoms with Gasteiger partial charge in [0, 0.05) is 25.7 Å². The summed E-state index contributed by atoms with van der Waals surface area (Å²) in [6, 6.07) is 12.4. The van der Waals surface area contributed by atoms with Crippen LogP contribution < -0.4 is 4.74 Å². The minimum atomic E-state index is -0.0213. The Morgan fingerprint density at radius 2 is 1.71 bits per heavy atom. The zero-order valence-corrected chi connectivity index (χ0v) is 13.3. The van der Waals surface area contributed by atoms with E-state index in [4.69, 9.17) is 27.9 Å². The number of carbonyl (C=O) groups is 1. The van der Waals surface area contributed by atoms with Crippen LogP contribution in [0.2, 0.25) is 10.0 Å². The Labute approximate surface area is 134 Å². The molecule has 0 radical (unpaired) electrons. The molecule has 2 aromatic rings. The molecule has 0 aliphatic heterocycles. The van der Waals surface area contributed by atoms with Gasteiger partial charge in [-0.3, -0.25) is 4.79 Å². The van der Waals surface area contributed by atoms with Crippen molar-refractivity contribution in [2.75, 3.05) is 14.1 Å². The number of halogens is 2. The first-order valence-electron chi connectivity index (χ1n) is 6.36. The van der Waals surface area contributed by atoms with Crippen LogP contribution in [0.25, 0.3) is 0 Å². The van der Waals surface area contributed by atoms with Gasteiger partial charge in [-0.25, -0.2) is 0 Å². The predicted octanol–water partition coefficient (Wildman–Crippen LogP) is 4.27. The van der Waals surface area contributed by atoms with E-state index in [2.05, 4.69) is 0 Å². The molecule has 0 spiro atoms. The van der Waals surface area contributed by atoms with Gasteiger partial charge in [0.2, 0.25) is 0 Å². The first-order chi connectivity index (χ1) is 9.97. The highest BCUT2D eigenvalue weighted by molar-refractivity contribution is 6.42. The van der Waals surface area contributed by atoms with Gasteiger partial charge in [0.15, 0.2) is 0 Å². The zero-order chi connectivity index (χ0) is 15.4. The number of hydrogen-bond donors (Lipinski definition) is 0. The standard InChI is InChI=1S/C16H15Cl2NO2/c1-19(2)16(20)12-5-3-11(4-6-12)10-21-13-7-8-14(17)15(18)9-13/h3-9H,10H2,1-2H3. The van der Waals surface area contributed by atoms with Gasteiger partial charge in [-0.15, -0.1) is 0 Å². The van der Waals surface area contributed by atoms with Crippen LogP contribution in [-0.4, -0.2) is 24.9 Å². The van der Waals surface area contributed by atoms with Crippen molar-refractivity contribution in [1.82, 2.24) is 4.90 Å². The lowest BCUT2D eigenvalue weighted by atomic mass is 10.1. The van der Waals surface area contributed by atoms with Crippen molar-refractivity contribution in [3.05, 3.63) is 63.6 Å². The quantitative estimate of drug-likeness (QED) is 0.840. The number of rotatable bonds is 4. The molecule has 0 saturated carbocycles. The second-order valence-electron chi connectivity index (χ2n) is 4.76. The third-order valence-electron chi connectivity index (χ3n) is 2.90. The first kappa shape index (κ1) is 15.7. The Morgan fingerprint density at radius 3 is 2.29 bits per heavy atom. The molecule has 0 N–H and O–H groups in total. The third kappa shape index (κ3) is 4.13. The second-order valence-corrected chi connectivity index (χ2v) is 5.58. The topological polar surface area (TPSA) is 29.5 Å². The Bertz CT molecular complexity index is 639. The maximum absolute atomic E-state index is 11.8. The fourth-order valence-corrected chi connectivity index (χ4v) is 2.02. The Kier molecular flexibility index (Phi) is 5.10. The summed E-state index contributed by atoms with van der Waals surface area (Å²) in [5.41, 5.74) is 1.62. The Morgan fingerprint density at radius 1 is 1.05 bits per heavy atom. The summed E-state index contributed by atoms with van der Waals surface area (Å²) in [6.45, 7) is 0.397. The number of amides is 1. The highest BCUT2D eigenvalue weighted by atomic mass is 35.5. The maximum Gasteiger partial charge on any atom is 0.253 e. The van der Waals surface area contributed by atoms with Crippen molar-refractivity contribution < 1.29 is 9.53 Å². The summed E-state index contributed by atoms with van der Waals surface area (Å²) in [4.78, 5) is 13.3. The molecule has 0 fully saturated rings. The molecular formula is C16H15Cl2NO2. The SMILES string of the molecule is CN(C)C(=O)c1ccc(COc2ccc(Cl)c(Cl)c2)cc1. The lowest BCUT2D eigenvalue weighted by Crippen LogP contribution is -2.21. The number of benzene rings is 2. The molecule has 0 aliphatic carbocycles. The average molecular weight is 324 g/mol. The number of nitrogens with zero attached hydrogens (tertiary/aromatic N) is 1. The molecule has 0 atom stereocenters. The van der Waals surface area contributed by atoms with Gasteiger partial charge in [-0.1, -0.05) is 35.3 Å². The van der Waals surface area contributed by atoms with E-state index in [1.54, 1.807) is 49.3 Å². The average Bonchev–Trinajstić information content (AvgIpc) is 2.48. The van der Waals surface area contributed by atoms with Gasteiger partial charge < -0.3 is 9.64 Å². The molecule has 0 aromatic heterocycles. The largest absolute Gasteiger partial charge is 0.489 e. The monoisotopic (exact) mass is 323 g/mol. The Balaban J connectivity index is 2.00. The molecule has 0 aliphatic rings. The highest BCUT2D eigenvalue weighted by Crippen LogP contribution is 2.26. The van der Waals surface area contributed by atoms with Gasteiger partial charge in [0.25, 0.3) is 5.91 Å². The summed E-state index contributed by atoms with van der Waals surface area (Å²) in [5.74, 6) is 0.629. The van der Waals surface area contributed by atoms with E-state index in [9.17, 15) is 4.79 Å². The molecular weight excluding hydrogens is 309 g/mol. The lowest BCUT2D eigenvalue weighted by molar-refractivity contribution is 0.0827. The number of ether oxygens (including phenoxy) is 1. The smallest absolute Gasteiger partial charge is 0.253 e. The van der Waals surface area contributed by atoms with Crippen LogP contribution in [0.4, 0.5) is 0 Å². The number of carbonyl (C=O) groups excluding carboxylic acids is 1. The van der Waals surface area contributed by atoms with Crippen molar-refractivity contribution in [1.29, 1.82) is 0 Å². The summed E-state index contributed by atoms with van der Waals surface area (Å²) >= 11 is 11.8. The van der Waals surface area contributed by atoms with Crippen LogP contribution in [-0.2, 0) is 6.61 Å². The Hall–Kier alpha value is -1.71. The molecule has 2 rings (SSSR count). The molecule has 0 saturated heterocycles. The fraction of sp³-hybridized carbons (Fsp3) is 0.188. The predicted molar refractivity (Wildman–Crippen MR) is 85.3 cm³/mol. The van der Waals surface area contributed by atoms with Crippen LogP contribution >= 0.6 is 23.2 Å². The van der Waals surface area contributed by atoms with E-state index in [0.29, 0.717) is 28.0 Å². The summed E-state index contributed by atoms with van der Waals surface area (Å²) in [6.07, 6.45) is 0. The summed E-state index contributed by atoms with van der Waals surface area (Å²) in [7, 11) is 3.45. The highest BCUT2D eigenvalue weighted by Gasteiger charge is 2.07. The summed E-state index contributed by atoms with van der Waals surface area (Å²) in [5, 5.41) is 0.955. The van der Waals surface area contributed by atoms with E-state index >= 15 is 0 Å². The van der Waals surface area contributed by atoms with E-state index in [1.807, 2.05) is 12.1 Å². The van der Waals surface area contributed by atoms with Gasteiger partial charge in [-0.2, -0.15) is 0 Å². The molecule has 0 bridgehead atoms. The van der Waals surface area contributed by atoms with E-state index < -0.39 is 0 Å². The second kappa shape index (κ2) is 6.83. The lowest BCUT2D eigenvalue weighted by Gasteiger charge is -2.11. The fourth-order valence-electron chi connectivity index (χ4n) is 1.74. The minimum Gasteiger partial charge on any atom is -0.489 e. The molecule has 1 amide bonds. The summed E-state index contributed by atoms with van der Waals surface area (Å²) < 4.78 is 5.64. The molecule has 0 unspecified atom stereocenters. The first-order valence-corrected chi connectivity index (χ1v) is 7.11. The molecule has 3 nitrogen and oxygen atoms in total. The van der Waals surface area contributed by atoms with Gasteiger partial charge >= 0.3 is 0 Å². The van der Waals surface area contributed by atoms with Gasteiger partial charge in [0.05, 0.1) is 10.0 Å². The van der Waals surface area contributed by atoms with Gasteiger partial charge in [-0.05, 0) is 29.8 Å². The van der Waals surface area contributed by atoms with Crippen molar-refractivity contribution in [3.63, 3.8) is 0 Å². The molecule has 2 aromatic carbocycles. The van der Waals surface area contributed by atoms with E-state index in [-0.39, 0.29) is 5.91 Å². The van der Waals surface area contributed by atoms with Crippen molar-refractivity contribution in [2.45, 2.75) is 6.61 Å². The minimum absolute atomic E-state index is 0.0213. The van der Waals surface area contributed by atoms with Gasteiger partial charge in [0.1, 0.15) is 12.4 Å². The van der Waals surface area contributed by atoms with E-state index in [0.717, 1.165) is 5.56 Å². The van der Waals surface area contributed by atoms with Crippen LogP contribution in [0.15, 0.2) is 42.5 Å². The molecule has 110 valence electrons. The number of hydrogen-bond acceptors (Lipinski definition) is 2. The van der Waals surface area contributed by atoms with Crippen LogP contribution in [0.1, 0.15) is 15.9 Å². The van der Waals surface area contributed by atoms with Crippen molar-refractivity contribution in [3.8, 4) is 5.75 Å². The van der Waals surface area contributed by atoms with Crippen molar-refractivity contribution >= 4 is 29.1 Å². The maximum atomic E-state index is 11.8. The zero-order valence-electron chi connectivity index (χ0n) is 11.8. The van der Waals surface area contributed by atoms with Crippen molar-refractivity contribution in [2.24, 2.45) is 0 Å². The molecule has 21 heavy (non-hydrogen) atoms. The molecule has 5 heteroatoms. The normalized spacial score (nSPS) is 10.3.